The maximum Gasteiger partial charge on any atom is 0.357 e. The lowest BCUT2D eigenvalue weighted by Gasteiger charge is -2.28. The van der Waals surface area contributed by atoms with Gasteiger partial charge in [-0.25, -0.2) is 0 Å². The largest absolute Gasteiger partial charge is 0.357 e. The lowest BCUT2D eigenvalue weighted by Crippen LogP contribution is -2.29. The normalized spacial score (nSPS) is 43.4. The molecule has 72 valence electrons. The van der Waals surface area contributed by atoms with Crippen molar-refractivity contribution in [2.45, 2.75) is 31.2 Å². The van der Waals surface area contributed by atoms with Crippen molar-refractivity contribution in [2.75, 3.05) is 0 Å². The van der Waals surface area contributed by atoms with Crippen molar-refractivity contribution in [3.63, 3.8) is 0 Å². The molecule has 0 radical (unpaired) electrons. The Morgan fingerprint density at radius 3 is 2.33 bits per heavy atom. The zero-order valence-electron chi connectivity index (χ0n) is 6.90. The second-order valence-electron chi connectivity index (χ2n) is 3.26. The Labute approximate surface area is 76.0 Å². The van der Waals surface area contributed by atoms with Crippen molar-refractivity contribution < 1.29 is 19.1 Å². The molecule has 0 saturated carbocycles. The molecule has 1 fully saturated rings. The van der Waals surface area contributed by atoms with Crippen LogP contribution in [0.25, 0.3) is 0 Å². The molecule has 0 aromatic rings. The summed E-state index contributed by atoms with van der Waals surface area (Å²) in [6, 6.07) is 0. The van der Waals surface area contributed by atoms with Gasteiger partial charge in [0.05, 0.1) is 0 Å². The van der Waals surface area contributed by atoms with E-state index in [1.54, 1.807) is 6.92 Å². The minimum absolute atomic E-state index is 0.221. The molecular formula is C6H12ClO4P. The fourth-order valence-electron chi connectivity index (χ4n) is 1.28. The van der Waals surface area contributed by atoms with Crippen LogP contribution in [0, 0.1) is 5.92 Å². The van der Waals surface area contributed by atoms with Crippen LogP contribution in [-0.2, 0) is 9.30 Å². The van der Waals surface area contributed by atoms with Gasteiger partial charge in [-0.2, -0.15) is 0 Å². The Morgan fingerprint density at radius 1 is 1.67 bits per heavy atom. The number of rotatable bonds is 1. The first-order chi connectivity index (χ1) is 5.27. The van der Waals surface area contributed by atoms with Crippen molar-refractivity contribution in [1.29, 1.82) is 0 Å². The molecule has 2 N–H and O–H groups in total. The summed E-state index contributed by atoms with van der Waals surface area (Å²) in [5.74, 6) is -0.221. The van der Waals surface area contributed by atoms with Crippen LogP contribution in [0.5, 0.6) is 0 Å². The van der Waals surface area contributed by atoms with Crippen molar-refractivity contribution in [3.05, 3.63) is 0 Å². The van der Waals surface area contributed by atoms with Gasteiger partial charge in [-0.1, -0.05) is 18.5 Å². The molecule has 4 nitrogen and oxygen atoms in total. The first-order valence-electron chi connectivity index (χ1n) is 3.65. The molecule has 3 unspecified atom stereocenters. The van der Waals surface area contributed by atoms with Crippen LogP contribution >= 0.6 is 19.2 Å². The van der Waals surface area contributed by atoms with E-state index in [1.165, 1.54) is 6.92 Å². The standard InChI is InChI=1S/C6H12ClO4P/c1-4-3-5(7)11-6(4,2)12(8,9)10/h4-5H,3H2,1-2H3,(H2,8,9,10). The first-order valence-corrected chi connectivity index (χ1v) is 5.70. The lowest BCUT2D eigenvalue weighted by atomic mass is 10.1. The Bertz CT molecular complexity index is 228. The predicted molar refractivity (Wildman–Crippen MR) is 45.0 cm³/mol. The average molecular weight is 215 g/mol. The van der Waals surface area contributed by atoms with Crippen LogP contribution in [-0.4, -0.2) is 20.7 Å². The van der Waals surface area contributed by atoms with Crippen LogP contribution in [0.2, 0.25) is 0 Å². The van der Waals surface area contributed by atoms with Gasteiger partial charge in [0.15, 0.2) is 5.34 Å². The topological polar surface area (TPSA) is 66.8 Å². The van der Waals surface area contributed by atoms with E-state index in [0.717, 1.165) is 0 Å². The predicted octanol–water partition coefficient (Wildman–Crippen LogP) is 1.50. The number of hydrogen-bond donors (Lipinski definition) is 2. The van der Waals surface area contributed by atoms with E-state index in [0.29, 0.717) is 6.42 Å². The third-order valence-electron chi connectivity index (χ3n) is 2.40. The number of ether oxygens (including phenoxy) is 1. The smallest absolute Gasteiger partial charge is 0.343 e. The van der Waals surface area contributed by atoms with Gasteiger partial charge < -0.3 is 14.5 Å². The number of halogens is 1. The van der Waals surface area contributed by atoms with Gasteiger partial charge in [0.25, 0.3) is 0 Å². The van der Waals surface area contributed by atoms with Crippen LogP contribution in [0.3, 0.4) is 0 Å². The van der Waals surface area contributed by atoms with Gasteiger partial charge in [-0.15, -0.1) is 0 Å². The Balaban J connectivity index is 2.93. The lowest BCUT2D eigenvalue weighted by molar-refractivity contribution is 0.0299. The van der Waals surface area contributed by atoms with Gasteiger partial charge in [-0.3, -0.25) is 4.57 Å². The molecule has 1 heterocycles. The zero-order chi connectivity index (χ0) is 9.57. The van der Waals surface area contributed by atoms with Crippen molar-refractivity contribution in [1.82, 2.24) is 0 Å². The fourth-order valence-corrected chi connectivity index (χ4v) is 2.73. The van der Waals surface area contributed by atoms with Gasteiger partial charge >= 0.3 is 7.60 Å². The zero-order valence-corrected chi connectivity index (χ0v) is 8.55. The Morgan fingerprint density at radius 2 is 2.17 bits per heavy atom. The molecule has 3 atom stereocenters. The highest BCUT2D eigenvalue weighted by molar-refractivity contribution is 7.53. The molecule has 1 saturated heterocycles. The molecule has 0 bridgehead atoms. The van der Waals surface area contributed by atoms with Crippen LogP contribution in [0.15, 0.2) is 0 Å². The van der Waals surface area contributed by atoms with E-state index in [4.69, 9.17) is 26.1 Å². The summed E-state index contributed by atoms with van der Waals surface area (Å²) < 4.78 is 16.0. The molecule has 1 aliphatic heterocycles. The third kappa shape index (κ3) is 1.54. The molecule has 0 aromatic heterocycles. The van der Waals surface area contributed by atoms with E-state index in [9.17, 15) is 4.57 Å². The summed E-state index contributed by atoms with van der Waals surface area (Å²) in [7, 11) is -4.23. The van der Waals surface area contributed by atoms with Gasteiger partial charge in [0, 0.05) is 5.92 Å². The molecule has 0 aliphatic carbocycles. The van der Waals surface area contributed by atoms with Crippen molar-refractivity contribution >= 4 is 19.2 Å². The third-order valence-corrected chi connectivity index (χ3v) is 4.37. The second-order valence-corrected chi connectivity index (χ2v) is 5.73. The highest BCUT2D eigenvalue weighted by Gasteiger charge is 2.54. The van der Waals surface area contributed by atoms with Crippen LogP contribution in [0.4, 0.5) is 0 Å². The van der Waals surface area contributed by atoms with E-state index < -0.39 is 18.5 Å². The molecule has 6 heteroatoms. The molecule has 0 aromatic carbocycles. The van der Waals surface area contributed by atoms with Gasteiger partial charge in [0.2, 0.25) is 0 Å². The van der Waals surface area contributed by atoms with E-state index in [1.807, 2.05) is 0 Å². The Kier molecular flexibility index (Phi) is 2.59. The van der Waals surface area contributed by atoms with Crippen molar-refractivity contribution in [3.8, 4) is 0 Å². The molecular weight excluding hydrogens is 202 g/mol. The van der Waals surface area contributed by atoms with Crippen LogP contribution in [0.1, 0.15) is 20.3 Å². The average Bonchev–Trinajstić information content (AvgIpc) is 2.06. The summed E-state index contributed by atoms with van der Waals surface area (Å²) in [4.78, 5) is 18.0. The number of alkyl halides is 1. The van der Waals surface area contributed by atoms with E-state index >= 15 is 0 Å². The quantitative estimate of drug-likeness (QED) is 0.513. The maximum atomic E-state index is 11.0. The van der Waals surface area contributed by atoms with E-state index in [-0.39, 0.29) is 5.92 Å². The minimum atomic E-state index is -4.23. The number of hydrogen-bond acceptors (Lipinski definition) is 2. The summed E-state index contributed by atoms with van der Waals surface area (Å²) in [5.41, 5.74) is -0.586. The fraction of sp³-hybridized carbons (Fsp3) is 1.00. The monoisotopic (exact) mass is 214 g/mol. The second kappa shape index (κ2) is 2.96. The van der Waals surface area contributed by atoms with Gasteiger partial charge in [-0.05, 0) is 13.3 Å². The minimum Gasteiger partial charge on any atom is -0.343 e. The van der Waals surface area contributed by atoms with Crippen LogP contribution < -0.4 is 0 Å². The molecule has 12 heavy (non-hydrogen) atoms. The summed E-state index contributed by atoms with van der Waals surface area (Å²) in [6.45, 7) is 3.13. The molecule has 1 aliphatic rings. The van der Waals surface area contributed by atoms with E-state index in [2.05, 4.69) is 0 Å². The Hall–Kier alpha value is 0.400. The summed E-state index contributed by atoms with van der Waals surface area (Å²) >= 11 is 5.63. The van der Waals surface area contributed by atoms with Gasteiger partial charge in [0.1, 0.15) is 5.56 Å². The molecule has 1 rings (SSSR count). The SMILES string of the molecule is CC1CC(Cl)OC1(C)P(=O)(O)O. The summed E-state index contributed by atoms with van der Waals surface area (Å²) in [6.07, 6.45) is 0.475. The molecule has 0 amide bonds. The highest BCUT2D eigenvalue weighted by Crippen LogP contribution is 2.60. The maximum absolute atomic E-state index is 11.0. The van der Waals surface area contributed by atoms with Crippen molar-refractivity contribution in [2.24, 2.45) is 5.92 Å². The summed E-state index contributed by atoms with van der Waals surface area (Å²) in [5, 5.41) is -1.40. The first kappa shape index (κ1) is 10.5. The highest BCUT2D eigenvalue weighted by atomic mass is 35.5. The molecule has 0 spiro atoms.